The SMILES string of the molecule is CCOC(=O)CNc1c(-c2cccc(C)c2)nc2ccc(Cl)cn12. The van der Waals surface area contributed by atoms with Crippen LogP contribution in [0.5, 0.6) is 0 Å². The quantitative estimate of drug-likeness (QED) is 0.713. The van der Waals surface area contributed by atoms with Gasteiger partial charge in [-0.15, -0.1) is 0 Å². The van der Waals surface area contributed by atoms with Crippen molar-refractivity contribution in [3.63, 3.8) is 0 Å². The van der Waals surface area contributed by atoms with Crippen LogP contribution >= 0.6 is 11.6 Å². The third kappa shape index (κ3) is 3.36. The van der Waals surface area contributed by atoms with Crippen LogP contribution in [-0.4, -0.2) is 28.5 Å². The molecule has 0 fully saturated rings. The maximum absolute atomic E-state index is 11.7. The third-order valence-corrected chi connectivity index (χ3v) is 3.80. The highest BCUT2D eigenvalue weighted by Gasteiger charge is 2.15. The van der Waals surface area contributed by atoms with Crippen LogP contribution in [0, 0.1) is 6.92 Å². The molecule has 1 aromatic carbocycles. The van der Waals surface area contributed by atoms with E-state index in [0.29, 0.717) is 17.4 Å². The summed E-state index contributed by atoms with van der Waals surface area (Å²) < 4.78 is 6.83. The maximum Gasteiger partial charge on any atom is 0.325 e. The van der Waals surface area contributed by atoms with Crippen molar-refractivity contribution in [1.82, 2.24) is 9.38 Å². The Bertz CT molecular complexity index is 889. The summed E-state index contributed by atoms with van der Waals surface area (Å²) in [4.78, 5) is 16.4. The molecule has 0 spiro atoms. The van der Waals surface area contributed by atoms with E-state index >= 15 is 0 Å². The number of ether oxygens (including phenoxy) is 1. The Balaban J connectivity index is 2.07. The first-order chi connectivity index (χ1) is 11.6. The van der Waals surface area contributed by atoms with Gasteiger partial charge in [0.15, 0.2) is 0 Å². The van der Waals surface area contributed by atoms with Crippen LogP contribution in [0.3, 0.4) is 0 Å². The van der Waals surface area contributed by atoms with E-state index < -0.39 is 0 Å². The molecule has 1 N–H and O–H groups in total. The second-order valence-corrected chi connectivity index (χ2v) is 5.85. The highest BCUT2D eigenvalue weighted by Crippen LogP contribution is 2.30. The largest absolute Gasteiger partial charge is 0.465 e. The standard InChI is InChI=1S/C18H18ClN3O2/c1-3-24-16(23)10-20-18-17(13-6-4-5-12(2)9-13)21-15-8-7-14(19)11-22(15)18/h4-9,11,20H,3,10H2,1-2H3. The normalized spacial score (nSPS) is 10.8. The molecule has 0 aliphatic carbocycles. The number of hydrogen-bond donors (Lipinski definition) is 1. The van der Waals surface area contributed by atoms with Gasteiger partial charge in [-0.2, -0.15) is 0 Å². The van der Waals surface area contributed by atoms with E-state index in [1.54, 1.807) is 19.2 Å². The van der Waals surface area contributed by atoms with Gasteiger partial charge in [-0.05, 0) is 32.0 Å². The number of halogens is 1. The van der Waals surface area contributed by atoms with Crippen LogP contribution in [0.1, 0.15) is 12.5 Å². The summed E-state index contributed by atoms with van der Waals surface area (Å²) in [5.74, 6) is 0.399. The number of imidazole rings is 1. The predicted molar refractivity (Wildman–Crippen MR) is 95.5 cm³/mol. The van der Waals surface area contributed by atoms with Crippen molar-refractivity contribution >= 4 is 29.0 Å². The molecular formula is C18H18ClN3O2. The lowest BCUT2D eigenvalue weighted by atomic mass is 10.1. The van der Waals surface area contributed by atoms with Crippen LogP contribution in [0.15, 0.2) is 42.6 Å². The number of nitrogens with zero attached hydrogens (tertiary/aromatic N) is 2. The number of anilines is 1. The highest BCUT2D eigenvalue weighted by atomic mass is 35.5. The minimum absolute atomic E-state index is 0.0625. The van der Waals surface area contributed by atoms with Crippen molar-refractivity contribution in [2.75, 3.05) is 18.5 Å². The van der Waals surface area contributed by atoms with Gasteiger partial charge in [0.2, 0.25) is 0 Å². The molecule has 0 saturated heterocycles. The van der Waals surface area contributed by atoms with E-state index in [4.69, 9.17) is 16.3 Å². The van der Waals surface area contributed by atoms with Crippen molar-refractivity contribution in [1.29, 1.82) is 0 Å². The number of carbonyl (C=O) groups is 1. The van der Waals surface area contributed by atoms with E-state index in [1.165, 1.54) is 0 Å². The second-order valence-electron chi connectivity index (χ2n) is 5.41. The Kier molecular flexibility index (Phi) is 4.71. The molecule has 0 bridgehead atoms. The van der Waals surface area contributed by atoms with E-state index in [2.05, 4.69) is 16.4 Å². The topological polar surface area (TPSA) is 55.6 Å². The molecule has 2 aromatic heterocycles. The molecule has 3 aromatic rings. The molecule has 0 unspecified atom stereocenters. The zero-order chi connectivity index (χ0) is 17.1. The number of aromatic nitrogens is 2. The fourth-order valence-corrected chi connectivity index (χ4v) is 2.71. The van der Waals surface area contributed by atoms with Gasteiger partial charge in [0, 0.05) is 11.8 Å². The van der Waals surface area contributed by atoms with Gasteiger partial charge < -0.3 is 10.1 Å². The Morgan fingerprint density at radius 2 is 2.17 bits per heavy atom. The summed E-state index contributed by atoms with van der Waals surface area (Å²) in [6, 6.07) is 11.7. The van der Waals surface area contributed by atoms with E-state index in [1.807, 2.05) is 35.6 Å². The average Bonchev–Trinajstić information content (AvgIpc) is 2.91. The Morgan fingerprint density at radius 3 is 2.92 bits per heavy atom. The molecule has 24 heavy (non-hydrogen) atoms. The van der Waals surface area contributed by atoms with Crippen LogP contribution in [0.2, 0.25) is 5.02 Å². The molecule has 0 radical (unpaired) electrons. The fraction of sp³-hybridized carbons (Fsp3) is 0.222. The Labute approximate surface area is 145 Å². The third-order valence-electron chi connectivity index (χ3n) is 3.58. The molecule has 0 atom stereocenters. The van der Waals surface area contributed by atoms with Crippen LogP contribution in [0.4, 0.5) is 5.82 Å². The number of nitrogens with one attached hydrogen (secondary N) is 1. The molecular weight excluding hydrogens is 326 g/mol. The number of benzene rings is 1. The Hall–Kier alpha value is -2.53. The van der Waals surface area contributed by atoms with Gasteiger partial charge in [-0.3, -0.25) is 9.20 Å². The second kappa shape index (κ2) is 6.93. The number of carbonyl (C=O) groups excluding carboxylic acids is 1. The number of fused-ring (bicyclic) bond motifs is 1. The molecule has 6 heteroatoms. The van der Waals surface area contributed by atoms with E-state index in [0.717, 1.165) is 22.5 Å². The maximum atomic E-state index is 11.7. The number of aryl methyl sites for hydroxylation is 1. The first kappa shape index (κ1) is 16.3. The van der Waals surface area contributed by atoms with Gasteiger partial charge in [-0.1, -0.05) is 35.4 Å². The minimum Gasteiger partial charge on any atom is -0.465 e. The summed E-state index contributed by atoms with van der Waals surface area (Å²) in [7, 11) is 0. The smallest absolute Gasteiger partial charge is 0.325 e. The Morgan fingerprint density at radius 1 is 1.33 bits per heavy atom. The highest BCUT2D eigenvalue weighted by molar-refractivity contribution is 6.30. The van der Waals surface area contributed by atoms with Crippen LogP contribution in [-0.2, 0) is 9.53 Å². The average molecular weight is 344 g/mol. The summed E-state index contributed by atoms with van der Waals surface area (Å²) in [6.45, 7) is 4.23. The number of esters is 1. The van der Waals surface area contributed by atoms with Crippen LogP contribution in [0.25, 0.3) is 16.9 Å². The molecule has 5 nitrogen and oxygen atoms in total. The summed E-state index contributed by atoms with van der Waals surface area (Å²) in [6.07, 6.45) is 1.77. The first-order valence-electron chi connectivity index (χ1n) is 7.72. The van der Waals surface area contributed by atoms with Gasteiger partial charge in [0.25, 0.3) is 0 Å². The van der Waals surface area contributed by atoms with Crippen molar-refractivity contribution in [3.05, 3.63) is 53.2 Å². The lowest BCUT2D eigenvalue weighted by Crippen LogP contribution is -2.17. The number of pyridine rings is 1. The zero-order valence-electron chi connectivity index (χ0n) is 13.5. The number of rotatable bonds is 5. The zero-order valence-corrected chi connectivity index (χ0v) is 14.3. The van der Waals surface area contributed by atoms with Gasteiger partial charge >= 0.3 is 5.97 Å². The summed E-state index contributed by atoms with van der Waals surface area (Å²) in [5, 5.41) is 3.73. The van der Waals surface area contributed by atoms with E-state index in [-0.39, 0.29) is 12.5 Å². The summed E-state index contributed by atoms with van der Waals surface area (Å²) >= 11 is 6.12. The number of hydrogen-bond acceptors (Lipinski definition) is 4. The van der Waals surface area contributed by atoms with Gasteiger partial charge in [0.05, 0.1) is 11.6 Å². The monoisotopic (exact) mass is 343 g/mol. The van der Waals surface area contributed by atoms with Crippen molar-refractivity contribution in [2.45, 2.75) is 13.8 Å². The van der Waals surface area contributed by atoms with Crippen molar-refractivity contribution in [3.8, 4) is 11.3 Å². The molecule has 0 amide bonds. The summed E-state index contributed by atoms with van der Waals surface area (Å²) in [5.41, 5.74) is 3.63. The molecule has 0 aliphatic heterocycles. The predicted octanol–water partition coefficient (Wildman–Crippen LogP) is 3.94. The van der Waals surface area contributed by atoms with Gasteiger partial charge in [-0.25, -0.2) is 4.98 Å². The molecule has 0 aliphatic rings. The van der Waals surface area contributed by atoms with Crippen molar-refractivity contribution < 1.29 is 9.53 Å². The van der Waals surface area contributed by atoms with Gasteiger partial charge in [0.1, 0.15) is 23.7 Å². The van der Waals surface area contributed by atoms with Crippen molar-refractivity contribution in [2.24, 2.45) is 0 Å². The molecule has 3 rings (SSSR count). The lowest BCUT2D eigenvalue weighted by Gasteiger charge is -2.09. The minimum atomic E-state index is -0.315. The molecule has 0 saturated carbocycles. The van der Waals surface area contributed by atoms with Crippen LogP contribution < -0.4 is 5.32 Å². The van der Waals surface area contributed by atoms with E-state index in [9.17, 15) is 4.79 Å². The lowest BCUT2D eigenvalue weighted by molar-refractivity contribution is -0.140. The molecule has 2 heterocycles. The molecule has 124 valence electrons. The first-order valence-corrected chi connectivity index (χ1v) is 8.10. The fourth-order valence-electron chi connectivity index (χ4n) is 2.55.